The molecule has 0 heterocycles. The molecule has 92 valence electrons. The second kappa shape index (κ2) is 11.0. The lowest BCUT2D eigenvalue weighted by Crippen LogP contribution is -2.01. The van der Waals surface area contributed by atoms with E-state index in [0.29, 0.717) is 4.83 Å². The number of unbranched alkanes of at least 4 members (excludes halogenated alkanes) is 6. The van der Waals surface area contributed by atoms with Crippen molar-refractivity contribution in [1.29, 1.82) is 0 Å². The Morgan fingerprint density at radius 2 is 1.40 bits per heavy atom. The van der Waals surface area contributed by atoms with E-state index in [-0.39, 0.29) is 0 Å². The third-order valence-corrected chi connectivity index (χ3v) is 3.40. The lowest BCUT2D eigenvalue weighted by molar-refractivity contribution is 0.457. The minimum Gasteiger partial charge on any atom is -0.0894 e. The molecule has 0 saturated heterocycles. The third kappa shape index (κ3) is 12.4. The van der Waals surface area contributed by atoms with Crippen LogP contribution in [0, 0.1) is 5.92 Å². The summed E-state index contributed by atoms with van der Waals surface area (Å²) in [5, 5.41) is 0. The second-order valence-electron chi connectivity index (χ2n) is 5.03. The number of hydrogen-bond donors (Lipinski definition) is 0. The number of hydrogen-bond acceptors (Lipinski definition) is 0. The van der Waals surface area contributed by atoms with Crippen molar-refractivity contribution in [2.45, 2.75) is 83.4 Å². The first-order chi connectivity index (χ1) is 7.16. The van der Waals surface area contributed by atoms with Gasteiger partial charge < -0.3 is 0 Å². The van der Waals surface area contributed by atoms with Crippen LogP contribution in [0.25, 0.3) is 0 Å². The molecule has 0 radical (unpaired) electrons. The molecule has 0 nitrogen and oxygen atoms in total. The van der Waals surface area contributed by atoms with E-state index in [1.165, 1.54) is 57.8 Å². The fourth-order valence-corrected chi connectivity index (χ4v) is 2.76. The zero-order chi connectivity index (χ0) is 11.5. The van der Waals surface area contributed by atoms with Crippen LogP contribution in [-0.4, -0.2) is 4.83 Å². The van der Waals surface area contributed by atoms with Gasteiger partial charge in [0.1, 0.15) is 0 Å². The topological polar surface area (TPSA) is 0 Å². The van der Waals surface area contributed by atoms with E-state index in [1.54, 1.807) is 0 Å². The normalized spacial score (nSPS) is 15.2. The third-order valence-electron chi connectivity index (χ3n) is 3.03. The van der Waals surface area contributed by atoms with Gasteiger partial charge in [-0.25, -0.2) is 0 Å². The average Bonchev–Trinajstić information content (AvgIpc) is 2.15. The van der Waals surface area contributed by atoms with Crippen molar-refractivity contribution in [3.05, 3.63) is 0 Å². The molecule has 0 aliphatic carbocycles. The molecule has 1 heteroatoms. The van der Waals surface area contributed by atoms with Crippen molar-refractivity contribution in [3.63, 3.8) is 0 Å². The van der Waals surface area contributed by atoms with E-state index >= 15 is 0 Å². The quantitative estimate of drug-likeness (QED) is 0.342. The maximum atomic E-state index is 3.63. The van der Waals surface area contributed by atoms with Crippen molar-refractivity contribution < 1.29 is 0 Å². The van der Waals surface area contributed by atoms with Crippen molar-refractivity contribution >= 4 is 15.9 Å². The van der Waals surface area contributed by atoms with Crippen molar-refractivity contribution in [3.8, 4) is 0 Å². The molecule has 0 rings (SSSR count). The molecule has 2 atom stereocenters. The molecule has 15 heavy (non-hydrogen) atoms. The van der Waals surface area contributed by atoms with Crippen molar-refractivity contribution in [2.75, 3.05) is 0 Å². The maximum absolute atomic E-state index is 3.63. The summed E-state index contributed by atoms with van der Waals surface area (Å²) < 4.78 is 0. The van der Waals surface area contributed by atoms with Crippen molar-refractivity contribution in [2.24, 2.45) is 5.92 Å². The molecular weight excluding hydrogens is 248 g/mol. The summed E-state index contributed by atoms with van der Waals surface area (Å²) in [5.74, 6) is 0.898. The SMILES string of the molecule is CCCCCCCCCC(C)CC(C)Br. The van der Waals surface area contributed by atoms with E-state index in [4.69, 9.17) is 0 Å². The molecule has 2 unspecified atom stereocenters. The van der Waals surface area contributed by atoms with Gasteiger partial charge >= 0.3 is 0 Å². The van der Waals surface area contributed by atoms with Gasteiger partial charge in [0, 0.05) is 4.83 Å². The first-order valence-electron chi connectivity index (χ1n) is 6.80. The smallest absolute Gasteiger partial charge is 0.0120 e. The molecule has 0 aromatic rings. The lowest BCUT2D eigenvalue weighted by atomic mass is 9.98. The predicted molar refractivity (Wildman–Crippen MR) is 74.8 cm³/mol. The van der Waals surface area contributed by atoms with Crippen LogP contribution in [0.15, 0.2) is 0 Å². The van der Waals surface area contributed by atoms with E-state index < -0.39 is 0 Å². The first kappa shape index (κ1) is 15.5. The van der Waals surface area contributed by atoms with E-state index in [0.717, 1.165) is 5.92 Å². The summed E-state index contributed by atoms with van der Waals surface area (Å²) in [6.45, 7) is 6.92. The molecular formula is C14H29Br. The summed E-state index contributed by atoms with van der Waals surface area (Å²) in [5.41, 5.74) is 0. The summed E-state index contributed by atoms with van der Waals surface area (Å²) in [7, 11) is 0. The summed E-state index contributed by atoms with van der Waals surface area (Å²) >= 11 is 3.63. The van der Waals surface area contributed by atoms with Gasteiger partial charge in [0.05, 0.1) is 0 Å². The van der Waals surface area contributed by atoms with Crippen LogP contribution < -0.4 is 0 Å². The first-order valence-corrected chi connectivity index (χ1v) is 7.72. The highest BCUT2D eigenvalue weighted by atomic mass is 79.9. The van der Waals surface area contributed by atoms with Crippen LogP contribution >= 0.6 is 15.9 Å². The monoisotopic (exact) mass is 276 g/mol. The molecule has 0 aliphatic heterocycles. The number of rotatable bonds is 10. The maximum Gasteiger partial charge on any atom is 0.0120 e. The number of alkyl halides is 1. The minimum atomic E-state index is 0.692. The minimum absolute atomic E-state index is 0.692. The molecule has 0 spiro atoms. The highest BCUT2D eigenvalue weighted by Gasteiger charge is 2.05. The summed E-state index contributed by atoms with van der Waals surface area (Å²) in [6, 6.07) is 0. The summed E-state index contributed by atoms with van der Waals surface area (Å²) in [6.07, 6.45) is 12.8. The molecule has 0 aliphatic rings. The van der Waals surface area contributed by atoms with Gasteiger partial charge in [0.15, 0.2) is 0 Å². The lowest BCUT2D eigenvalue weighted by Gasteiger charge is -2.12. The Bertz CT molecular complexity index is 121. The van der Waals surface area contributed by atoms with Gasteiger partial charge in [-0.2, -0.15) is 0 Å². The van der Waals surface area contributed by atoms with Gasteiger partial charge in [-0.05, 0) is 12.3 Å². The van der Waals surface area contributed by atoms with Crippen LogP contribution in [0.2, 0.25) is 0 Å². The van der Waals surface area contributed by atoms with Crippen LogP contribution in [0.1, 0.15) is 78.6 Å². The fourth-order valence-electron chi connectivity index (χ4n) is 2.12. The standard InChI is InChI=1S/C14H29Br/c1-4-5-6-7-8-9-10-11-13(2)12-14(3)15/h13-14H,4-12H2,1-3H3. The predicted octanol–water partition coefficient (Wildman–Crippen LogP) is 5.94. The average molecular weight is 277 g/mol. The number of halogens is 1. The molecule has 0 saturated carbocycles. The molecule has 0 fully saturated rings. The highest BCUT2D eigenvalue weighted by molar-refractivity contribution is 9.09. The summed E-state index contributed by atoms with van der Waals surface area (Å²) in [4.78, 5) is 0.692. The van der Waals surface area contributed by atoms with E-state index in [2.05, 4.69) is 36.7 Å². The van der Waals surface area contributed by atoms with Crippen LogP contribution in [0.5, 0.6) is 0 Å². The molecule has 0 aromatic carbocycles. The van der Waals surface area contributed by atoms with Gasteiger partial charge in [-0.15, -0.1) is 0 Å². The Kier molecular flexibility index (Phi) is 11.3. The van der Waals surface area contributed by atoms with Gasteiger partial charge in [-0.1, -0.05) is 88.1 Å². The van der Waals surface area contributed by atoms with Crippen molar-refractivity contribution in [1.82, 2.24) is 0 Å². The van der Waals surface area contributed by atoms with Gasteiger partial charge in [0.25, 0.3) is 0 Å². The zero-order valence-corrected chi connectivity index (χ0v) is 12.5. The largest absolute Gasteiger partial charge is 0.0894 e. The van der Waals surface area contributed by atoms with Crippen LogP contribution in [0.4, 0.5) is 0 Å². The highest BCUT2D eigenvalue weighted by Crippen LogP contribution is 2.19. The van der Waals surface area contributed by atoms with Gasteiger partial charge in [-0.3, -0.25) is 0 Å². The Balaban J connectivity index is 3.09. The molecule has 0 aromatic heterocycles. The van der Waals surface area contributed by atoms with Gasteiger partial charge in [0.2, 0.25) is 0 Å². The van der Waals surface area contributed by atoms with E-state index in [9.17, 15) is 0 Å². The van der Waals surface area contributed by atoms with Crippen LogP contribution in [-0.2, 0) is 0 Å². The Labute approximate surface area is 105 Å². The Hall–Kier alpha value is 0.480. The molecule has 0 bridgehead atoms. The fraction of sp³-hybridized carbons (Fsp3) is 1.00. The second-order valence-corrected chi connectivity index (χ2v) is 6.59. The Morgan fingerprint density at radius 3 is 1.93 bits per heavy atom. The van der Waals surface area contributed by atoms with Crippen LogP contribution in [0.3, 0.4) is 0 Å². The zero-order valence-electron chi connectivity index (χ0n) is 10.9. The molecule has 0 amide bonds. The molecule has 0 N–H and O–H groups in total. The van der Waals surface area contributed by atoms with E-state index in [1.807, 2.05) is 0 Å². The Morgan fingerprint density at radius 1 is 0.867 bits per heavy atom.